The molecule has 2 rings (SSSR count). The number of nitrogens with one attached hydrogen (secondary N) is 2. The Morgan fingerprint density at radius 1 is 1.44 bits per heavy atom. The van der Waals surface area contributed by atoms with Crippen molar-refractivity contribution in [1.82, 2.24) is 15.3 Å². The summed E-state index contributed by atoms with van der Waals surface area (Å²) < 4.78 is 0. The predicted molar refractivity (Wildman–Crippen MR) is 70.5 cm³/mol. The van der Waals surface area contributed by atoms with Crippen LogP contribution in [0.2, 0.25) is 0 Å². The van der Waals surface area contributed by atoms with E-state index in [1.165, 1.54) is 0 Å². The molecule has 0 radical (unpaired) electrons. The number of hydrogen-bond donors (Lipinski definition) is 2. The fourth-order valence-corrected chi connectivity index (χ4v) is 1.99. The van der Waals surface area contributed by atoms with Crippen molar-refractivity contribution >= 4 is 11.7 Å². The van der Waals surface area contributed by atoms with Gasteiger partial charge in [0.15, 0.2) is 0 Å². The van der Waals surface area contributed by atoms with Crippen molar-refractivity contribution in [3.8, 4) is 0 Å². The second-order valence-corrected chi connectivity index (χ2v) is 5.09. The van der Waals surface area contributed by atoms with Crippen LogP contribution in [0.3, 0.4) is 0 Å². The summed E-state index contributed by atoms with van der Waals surface area (Å²) in [6.07, 6.45) is 1.44. The molecule has 1 aromatic heterocycles. The van der Waals surface area contributed by atoms with E-state index < -0.39 is 0 Å². The van der Waals surface area contributed by atoms with Crippen molar-refractivity contribution in [3.05, 3.63) is 17.6 Å². The highest BCUT2D eigenvalue weighted by Crippen LogP contribution is 2.16. The lowest BCUT2D eigenvalue weighted by molar-refractivity contribution is -0.122. The highest BCUT2D eigenvalue weighted by atomic mass is 16.1. The summed E-state index contributed by atoms with van der Waals surface area (Å²) in [6, 6.07) is 2.21. The molecule has 5 heteroatoms. The number of amides is 1. The molecule has 2 heterocycles. The Bertz CT molecular complexity index is 435. The number of hydrogen-bond acceptors (Lipinski definition) is 4. The second kappa shape index (κ2) is 5.33. The van der Waals surface area contributed by atoms with Crippen molar-refractivity contribution in [1.29, 1.82) is 0 Å². The van der Waals surface area contributed by atoms with Crippen molar-refractivity contribution in [2.45, 2.75) is 45.6 Å². The quantitative estimate of drug-likeness (QED) is 0.852. The molecule has 0 aliphatic carbocycles. The maximum absolute atomic E-state index is 11.1. The van der Waals surface area contributed by atoms with Crippen LogP contribution in [-0.4, -0.2) is 28.5 Å². The number of piperidine rings is 1. The van der Waals surface area contributed by atoms with Gasteiger partial charge in [-0.2, -0.15) is 0 Å². The molecule has 0 spiro atoms. The number of carbonyl (C=O) groups is 1. The second-order valence-electron chi connectivity index (χ2n) is 5.09. The molecule has 98 valence electrons. The van der Waals surface area contributed by atoms with E-state index in [4.69, 9.17) is 0 Å². The Kier molecular flexibility index (Phi) is 3.79. The first kappa shape index (κ1) is 12.8. The van der Waals surface area contributed by atoms with E-state index in [0.717, 1.165) is 23.8 Å². The molecule has 1 atom stereocenters. The number of aryl methyl sites for hydroxylation is 1. The number of nitrogens with zero attached hydrogens (tertiary/aromatic N) is 2. The molecule has 1 fully saturated rings. The van der Waals surface area contributed by atoms with Crippen molar-refractivity contribution in [2.75, 3.05) is 11.9 Å². The van der Waals surface area contributed by atoms with E-state index >= 15 is 0 Å². The molecule has 0 bridgehead atoms. The van der Waals surface area contributed by atoms with E-state index in [2.05, 4.69) is 34.4 Å². The van der Waals surface area contributed by atoms with Gasteiger partial charge in [-0.05, 0) is 13.3 Å². The molecule has 0 saturated carbocycles. The van der Waals surface area contributed by atoms with Gasteiger partial charge in [-0.25, -0.2) is 9.97 Å². The largest absolute Gasteiger partial charge is 0.365 e. The van der Waals surface area contributed by atoms with Gasteiger partial charge in [-0.1, -0.05) is 13.8 Å². The summed E-state index contributed by atoms with van der Waals surface area (Å²) in [5.74, 6) is 2.16. The molecule has 0 aromatic carbocycles. The van der Waals surface area contributed by atoms with Gasteiger partial charge < -0.3 is 10.6 Å². The molecule has 2 N–H and O–H groups in total. The van der Waals surface area contributed by atoms with E-state index in [0.29, 0.717) is 18.9 Å². The van der Waals surface area contributed by atoms with Crippen molar-refractivity contribution in [2.24, 2.45) is 0 Å². The summed E-state index contributed by atoms with van der Waals surface area (Å²) >= 11 is 0. The molecule has 5 nitrogen and oxygen atoms in total. The van der Waals surface area contributed by atoms with Gasteiger partial charge in [0.05, 0.1) is 0 Å². The minimum absolute atomic E-state index is 0.134. The number of aromatic nitrogens is 2. The lowest BCUT2D eigenvalue weighted by Crippen LogP contribution is -2.42. The lowest BCUT2D eigenvalue weighted by Gasteiger charge is -2.24. The first-order valence-corrected chi connectivity index (χ1v) is 6.43. The fraction of sp³-hybridized carbons (Fsp3) is 0.615. The summed E-state index contributed by atoms with van der Waals surface area (Å²) in [4.78, 5) is 20.0. The molecule has 1 aliphatic heterocycles. The minimum atomic E-state index is 0.134. The van der Waals surface area contributed by atoms with Crippen LogP contribution < -0.4 is 10.6 Å². The van der Waals surface area contributed by atoms with Crippen molar-refractivity contribution in [3.63, 3.8) is 0 Å². The summed E-state index contributed by atoms with van der Waals surface area (Å²) in [7, 11) is 0. The van der Waals surface area contributed by atoms with Gasteiger partial charge in [-0.3, -0.25) is 4.79 Å². The van der Waals surface area contributed by atoms with Crippen LogP contribution in [0.15, 0.2) is 6.07 Å². The van der Waals surface area contributed by atoms with Gasteiger partial charge in [0, 0.05) is 36.7 Å². The fourth-order valence-electron chi connectivity index (χ4n) is 1.99. The molecule has 18 heavy (non-hydrogen) atoms. The first-order valence-electron chi connectivity index (χ1n) is 6.43. The predicted octanol–water partition coefficient (Wildman–Crippen LogP) is 1.60. The Morgan fingerprint density at radius 3 is 2.83 bits per heavy atom. The summed E-state index contributed by atoms with van der Waals surface area (Å²) in [6.45, 7) is 6.80. The third kappa shape index (κ3) is 3.18. The van der Waals surface area contributed by atoms with Gasteiger partial charge >= 0.3 is 0 Å². The van der Waals surface area contributed by atoms with Gasteiger partial charge in [-0.15, -0.1) is 0 Å². The average molecular weight is 248 g/mol. The molecule has 1 amide bonds. The van der Waals surface area contributed by atoms with E-state index in [9.17, 15) is 4.79 Å². The highest BCUT2D eigenvalue weighted by Gasteiger charge is 2.18. The van der Waals surface area contributed by atoms with E-state index in [1.54, 1.807) is 0 Å². The SMILES string of the molecule is Cc1cc(NC2CCC(=O)NC2)nc(C(C)C)n1. The number of rotatable bonds is 3. The van der Waals surface area contributed by atoms with Crippen molar-refractivity contribution < 1.29 is 4.79 Å². The molecular formula is C13H20N4O. The number of carbonyl (C=O) groups excluding carboxylic acids is 1. The van der Waals surface area contributed by atoms with Crippen LogP contribution >= 0.6 is 0 Å². The Hall–Kier alpha value is -1.65. The molecular weight excluding hydrogens is 228 g/mol. The first-order chi connectivity index (χ1) is 8.54. The highest BCUT2D eigenvalue weighted by molar-refractivity contribution is 5.76. The molecule has 1 unspecified atom stereocenters. The van der Waals surface area contributed by atoms with Crippen LogP contribution in [0.5, 0.6) is 0 Å². The average Bonchev–Trinajstić information content (AvgIpc) is 2.31. The van der Waals surface area contributed by atoms with Crippen LogP contribution in [0, 0.1) is 6.92 Å². The topological polar surface area (TPSA) is 66.9 Å². The Labute approximate surface area is 107 Å². The van der Waals surface area contributed by atoms with Crippen LogP contribution in [-0.2, 0) is 4.79 Å². The maximum Gasteiger partial charge on any atom is 0.220 e. The van der Waals surface area contributed by atoms with Gasteiger partial charge in [0.2, 0.25) is 5.91 Å². The normalized spacial score (nSPS) is 19.8. The Balaban J connectivity index is 2.06. The maximum atomic E-state index is 11.1. The zero-order valence-electron chi connectivity index (χ0n) is 11.2. The third-order valence-corrected chi connectivity index (χ3v) is 3.01. The van der Waals surface area contributed by atoms with Gasteiger partial charge in [0.1, 0.15) is 11.6 Å². The summed E-state index contributed by atoms with van der Waals surface area (Å²) in [5.41, 5.74) is 0.969. The van der Waals surface area contributed by atoms with Crippen LogP contribution in [0.4, 0.5) is 5.82 Å². The monoisotopic (exact) mass is 248 g/mol. The van der Waals surface area contributed by atoms with Gasteiger partial charge in [0.25, 0.3) is 0 Å². The van der Waals surface area contributed by atoms with Crippen LogP contribution in [0.25, 0.3) is 0 Å². The number of anilines is 1. The van der Waals surface area contributed by atoms with Crippen LogP contribution in [0.1, 0.15) is 44.1 Å². The lowest BCUT2D eigenvalue weighted by atomic mass is 10.1. The standard InChI is InChI=1S/C13H20N4O/c1-8(2)13-15-9(3)6-11(17-13)16-10-4-5-12(18)14-7-10/h6,8,10H,4-5,7H2,1-3H3,(H,14,18)(H,15,16,17). The zero-order valence-corrected chi connectivity index (χ0v) is 11.2. The zero-order chi connectivity index (χ0) is 13.1. The summed E-state index contributed by atoms with van der Waals surface area (Å²) in [5, 5.41) is 6.23. The smallest absolute Gasteiger partial charge is 0.220 e. The van der Waals surface area contributed by atoms with E-state index in [-0.39, 0.29) is 11.9 Å². The molecule has 1 aliphatic rings. The Morgan fingerprint density at radius 2 is 2.22 bits per heavy atom. The minimum Gasteiger partial charge on any atom is -0.365 e. The molecule has 1 saturated heterocycles. The molecule has 1 aromatic rings. The van der Waals surface area contributed by atoms with E-state index in [1.807, 2.05) is 13.0 Å². The third-order valence-electron chi connectivity index (χ3n) is 3.01.